The van der Waals surface area contributed by atoms with E-state index in [1.807, 2.05) is 0 Å². The van der Waals surface area contributed by atoms with Crippen LogP contribution in [0.15, 0.2) is 23.1 Å². The van der Waals surface area contributed by atoms with Crippen molar-refractivity contribution < 1.29 is 19.1 Å². The van der Waals surface area contributed by atoms with Crippen molar-refractivity contribution in [2.45, 2.75) is 26.4 Å². The Balaban J connectivity index is 2.37. The maximum absolute atomic E-state index is 11.4. The standard InChI is InChI=1S/C14H20N2O4/c1-4-6-15-13(18)14(19)16-7-5-12(17)11-8-9(2)20-10(11)3/h4,8,12,17H,1,5-7H2,2-3H3,(H,15,18)(H,16,19). The summed E-state index contributed by atoms with van der Waals surface area (Å²) in [7, 11) is 0. The molecule has 0 fully saturated rings. The first kappa shape index (κ1) is 16.0. The lowest BCUT2D eigenvalue weighted by Gasteiger charge is -2.10. The predicted molar refractivity (Wildman–Crippen MR) is 74.0 cm³/mol. The number of rotatable bonds is 6. The van der Waals surface area contributed by atoms with E-state index >= 15 is 0 Å². The van der Waals surface area contributed by atoms with Crippen molar-refractivity contribution in [3.63, 3.8) is 0 Å². The molecule has 0 aromatic carbocycles. The molecule has 2 amide bonds. The summed E-state index contributed by atoms with van der Waals surface area (Å²) in [5.74, 6) is -0.0525. The average molecular weight is 280 g/mol. The van der Waals surface area contributed by atoms with E-state index in [9.17, 15) is 14.7 Å². The maximum atomic E-state index is 11.4. The van der Waals surface area contributed by atoms with Gasteiger partial charge < -0.3 is 20.2 Å². The number of carbonyl (C=O) groups excluding carboxylic acids is 2. The lowest BCUT2D eigenvalue weighted by Crippen LogP contribution is -2.40. The molecule has 0 spiro atoms. The van der Waals surface area contributed by atoms with Crippen molar-refractivity contribution in [3.05, 3.63) is 35.8 Å². The number of furan rings is 1. The van der Waals surface area contributed by atoms with Crippen LogP contribution in [0.4, 0.5) is 0 Å². The van der Waals surface area contributed by atoms with E-state index in [2.05, 4.69) is 17.2 Å². The van der Waals surface area contributed by atoms with Gasteiger partial charge in [-0.3, -0.25) is 9.59 Å². The van der Waals surface area contributed by atoms with Gasteiger partial charge in [-0.1, -0.05) is 6.08 Å². The summed E-state index contributed by atoms with van der Waals surface area (Å²) in [5.41, 5.74) is 0.702. The Kier molecular flexibility index (Phi) is 5.99. The van der Waals surface area contributed by atoms with Gasteiger partial charge in [-0.25, -0.2) is 0 Å². The van der Waals surface area contributed by atoms with E-state index in [0.29, 0.717) is 17.7 Å². The van der Waals surface area contributed by atoms with Gasteiger partial charge in [-0.2, -0.15) is 0 Å². The summed E-state index contributed by atoms with van der Waals surface area (Å²) < 4.78 is 5.32. The second-order valence-electron chi connectivity index (χ2n) is 4.43. The second kappa shape index (κ2) is 7.49. The molecule has 1 rings (SSSR count). The molecule has 0 saturated carbocycles. The molecule has 1 aromatic rings. The number of carbonyl (C=O) groups is 2. The third kappa shape index (κ3) is 4.55. The lowest BCUT2D eigenvalue weighted by atomic mass is 10.1. The molecular weight excluding hydrogens is 260 g/mol. The molecule has 0 bridgehead atoms. The Morgan fingerprint density at radius 2 is 2.05 bits per heavy atom. The number of aryl methyl sites for hydroxylation is 2. The van der Waals surface area contributed by atoms with Crippen LogP contribution in [0.5, 0.6) is 0 Å². The molecule has 3 N–H and O–H groups in total. The SMILES string of the molecule is C=CCNC(=O)C(=O)NCCC(O)c1cc(C)oc1C. The number of hydrogen-bond donors (Lipinski definition) is 3. The zero-order chi connectivity index (χ0) is 15.1. The first-order chi connectivity index (χ1) is 9.45. The van der Waals surface area contributed by atoms with Crippen molar-refractivity contribution in [3.8, 4) is 0 Å². The first-order valence-electron chi connectivity index (χ1n) is 6.37. The van der Waals surface area contributed by atoms with Gasteiger partial charge in [0.1, 0.15) is 11.5 Å². The third-order valence-electron chi connectivity index (χ3n) is 2.75. The van der Waals surface area contributed by atoms with Crippen LogP contribution in [-0.2, 0) is 9.59 Å². The molecule has 6 nitrogen and oxygen atoms in total. The number of amides is 2. The van der Waals surface area contributed by atoms with E-state index in [1.54, 1.807) is 19.9 Å². The van der Waals surface area contributed by atoms with Gasteiger partial charge in [0.15, 0.2) is 0 Å². The minimum Gasteiger partial charge on any atom is -0.466 e. The Morgan fingerprint density at radius 1 is 1.40 bits per heavy atom. The molecule has 1 aromatic heterocycles. The number of nitrogens with one attached hydrogen (secondary N) is 2. The van der Waals surface area contributed by atoms with Gasteiger partial charge in [0.25, 0.3) is 0 Å². The summed E-state index contributed by atoms with van der Waals surface area (Å²) >= 11 is 0. The Hall–Kier alpha value is -2.08. The molecule has 6 heteroatoms. The molecule has 20 heavy (non-hydrogen) atoms. The molecule has 0 aliphatic rings. The molecule has 1 unspecified atom stereocenters. The largest absolute Gasteiger partial charge is 0.466 e. The van der Waals surface area contributed by atoms with Crippen LogP contribution < -0.4 is 10.6 Å². The van der Waals surface area contributed by atoms with Gasteiger partial charge in [0.05, 0.1) is 6.10 Å². The average Bonchev–Trinajstić information content (AvgIpc) is 2.74. The van der Waals surface area contributed by atoms with E-state index in [-0.39, 0.29) is 13.1 Å². The van der Waals surface area contributed by atoms with E-state index < -0.39 is 17.9 Å². The highest BCUT2D eigenvalue weighted by Gasteiger charge is 2.16. The summed E-state index contributed by atoms with van der Waals surface area (Å²) in [6.07, 6.45) is 1.06. The van der Waals surface area contributed by atoms with Crippen molar-refractivity contribution in [1.29, 1.82) is 0 Å². The third-order valence-corrected chi connectivity index (χ3v) is 2.75. The Bertz CT molecular complexity index is 493. The smallest absolute Gasteiger partial charge is 0.309 e. The minimum absolute atomic E-state index is 0.200. The summed E-state index contributed by atoms with van der Waals surface area (Å²) in [4.78, 5) is 22.6. The fourth-order valence-corrected chi connectivity index (χ4v) is 1.78. The van der Waals surface area contributed by atoms with Gasteiger partial charge in [0, 0.05) is 18.7 Å². The number of hydrogen-bond acceptors (Lipinski definition) is 4. The highest BCUT2D eigenvalue weighted by atomic mass is 16.3. The molecule has 110 valence electrons. The monoisotopic (exact) mass is 280 g/mol. The van der Waals surface area contributed by atoms with Crippen molar-refractivity contribution in [2.24, 2.45) is 0 Å². The van der Waals surface area contributed by atoms with E-state index in [1.165, 1.54) is 6.08 Å². The minimum atomic E-state index is -0.732. The molecular formula is C14H20N2O4. The topological polar surface area (TPSA) is 91.6 Å². The van der Waals surface area contributed by atoms with Crippen molar-refractivity contribution in [2.75, 3.05) is 13.1 Å². The highest BCUT2D eigenvalue weighted by molar-refractivity contribution is 6.35. The quantitative estimate of drug-likeness (QED) is 0.529. The van der Waals surface area contributed by atoms with Gasteiger partial charge in [-0.05, 0) is 26.3 Å². The van der Waals surface area contributed by atoms with Gasteiger partial charge in [-0.15, -0.1) is 6.58 Å². The fraction of sp³-hybridized carbons (Fsp3) is 0.429. The van der Waals surface area contributed by atoms with Crippen molar-refractivity contribution >= 4 is 11.8 Å². The van der Waals surface area contributed by atoms with Crippen LogP contribution in [0, 0.1) is 13.8 Å². The molecule has 1 atom stereocenters. The molecule has 0 aliphatic heterocycles. The highest BCUT2D eigenvalue weighted by Crippen LogP contribution is 2.23. The van der Waals surface area contributed by atoms with Crippen LogP contribution in [0.1, 0.15) is 29.6 Å². The van der Waals surface area contributed by atoms with Crippen LogP contribution in [-0.4, -0.2) is 30.0 Å². The molecule has 0 radical (unpaired) electrons. The Morgan fingerprint density at radius 3 is 2.60 bits per heavy atom. The van der Waals surface area contributed by atoms with E-state index in [0.717, 1.165) is 5.76 Å². The lowest BCUT2D eigenvalue weighted by molar-refractivity contribution is -0.139. The summed E-state index contributed by atoms with van der Waals surface area (Å²) in [6.45, 7) is 7.44. The van der Waals surface area contributed by atoms with Gasteiger partial charge in [0.2, 0.25) is 0 Å². The summed E-state index contributed by atoms with van der Waals surface area (Å²) in [6, 6.07) is 1.76. The second-order valence-corrected chi connectivity index (χ2v) is 4.43. The van der Waals surface area contributed by atoms with Crippen LogP contribution in [0.2, 0.25) is 0 Å². The maximum Gasteiger partial charge on any atom is 0.309 e. The normalized spacial score (nSPS) is 11.8. The molecule has 0 saturated heterocycles. The van der Waals surface area contributed by atoms with Gasteiger partial charge >= 0.3 is 11.8 Å². The van der Waals surface area contributed by atoms with Crippen LogP contribution in [0.25, 0.3) is 0 Å². The summed E-state index contributed by atoms with van der Waals surface area (Å²) in [5, 5.41) is 14.8. The zero-order valence-electron chi connectivity index (χ0n) is 11.7. The van der Waals surface area contributed by atoms with Crippen LogP contribution >= 0.6 is 0 Å². The van der Waals surface area contributed by atoms with E-state index in [4.69, 9.17) is 4.42 Å². The zero-order valence-corrected chi connectivity index (χ0v) is 11.7. The first-order valence-corrected chi connectivity index (χ1v) is 6.37. The number of aliphatic hydroxyl groups excluding tert-OH is 1. The Labute approximate surface area is 117 Å². The van der Waals surface area contributed by atoms with Crippen LogP contribution in [0.3, 0.4) is 0 Å². The molecule has 0 aliphatic carbocycles. The molecule has 1 heterocycles. The fourth-order valence-electron chi connectivity index (χ4n) is 1.78. The van der Waals surface area contributed by atoms with Crippen molar-refractivity contribution in [1.82, 2.24) is 10.6 Å². The predicted octanol–water partition coefficient (Wildman–Crippen LogP) is 0.738. The number of aliphatic hydroxyl groups is 1.